The van der Waals surface area contributed by atoms with Gasteiger partial charge in [0.1, 0.15) is 22.7 Å². The van der Waals surface area contributed by atoms with Crippen molar-refractivity contribution in [3.05, 3.63) is 95.6 Å². The fourth-order valence-electron chi connectivity index (χ4n) is 5.85. The summed E-state index contributed by atoms with van der Waals surface area (Å²) in [5.74, 6) is -0.425. The molecule has 2 aliphatic heterocycles. The fraction of sp³-hybridized carbons (Fsp3) is 0.379. The van der Waals surface area contributed by atoms with Gasteiger partial charge in [-0.05, 0) is 41.0 Å². The molecule has 1 N–H and O–H groups in total. The average Bonchev–Trinajstić information content (AvgIpc) is 3.20. The summed E-state index contributed by atoms with van der Waals surface area (Å²) in [4.78, 5) is 0. The third-order valence-corrected chi connectivity index (χ3v) is 7.65. The van der Waals surface area contributed by atoms with Gasteiger partial charge in [-0.1, -0.05) is 54.6 Å². The quantitative estimate of drug-likeness (QED) is 0.479. The normalized spacial score (nSPS) is 31.2. The van der Waals surface area contributed by atoms with Crippen LogP contribution in [0.2, 0.25) is 0 Å². The van der Waals surface area contributed by atoms with E-state index in [4.69, 9.17) is 29.8 Å². The number of hydrogen-bond donors (Lipinski definition) is 1. The van der Waals surface area contributed by atoms with E-state index >= 15 is 0 Å². The van der Waals surface area contributed by atoms with Crippen molar-refractivity contribution < 1.29 is 34.9 Å². The standard InChI is InChI=1S/C29H30O7/c1-31-23-12-8-21(9-13-23)29(20-6-4-3-5-7-20,22-10-14-24(32-2)15-11-22)35-18-27-17-28(30)26(27)25(16-34-27)33-19-36-28/h3-15,25-26,30H,16-19H2,1-2H3/t25?,26?,27-,28?/m1/s1/i16T/t16-,25?,26?,27+,28?/m0. The molecule has 2 heterocycles. The Balaban J connectivity index is 1.46. The highest BCUT2D eigenvalue weighted by Crippen LogP contribution is 2.59. The zero-order valence-electron chi connectivity index (χ0n) is 21.3. The Morgan fingerprint density at radius 2 is 1.47 bits per heavy atom. The van der Waals surface area contributed by atoms with E-state index in [1.165, 1.54) is 0 Å². The molecule has 3 fully saturated rings. The summed E-state index contributed by atoms with van der Waals surface area (Å²) in [5, 5.41) is 11.0. The zero-order chi connectivity index (χ0) is 25.7. The molecule has 0 bridgehead atoms. The summed E-state index contributed by atoms with van der Waals surface area (Å²) in [5.41, 5.74) is 0.764. The Bertz CT molecular complexity index is 1190. The van der Waals surface area contributed by atoms with Crippen LogP contribution in [0.5, 0.6) is 11.5 Å². The summed E-state index contributed by atoms with van der Waals surface area (Å²) in [7, 11) is 3.27. The first kappa shape index (κ1) is 22.3. The first-order chi connectivity index (χ1) is 17.9. The van der Waals surface area contributed by atoms with Crippen molar-refractivity contribution in [2.75, 3.05) is 34.2 Å². The van der Waals surface area contributed by atoms with E-state index in [0.29, 0.717) is 0 Å². The van der Waals surface area contributed by atoms with Crippen molar-refractivity contribution in [3.8, 4) is 11.5 Å². The number of aliphatic hydroxyl groups is 1. The smallest absolute Gasteiger partial charge is 0.179 e. The van der Waals surface area contributed by atoms with E-state index in [2.05, 4.69) is 0 Å². The minimum absolute atomic E-state index is 0.0566. The van der Waals surface area contributed by atoms with Crippen molar-refractivity contribution >= 4 is 0 Å². The van der Waals surface area contributed by atoms with Crippen LogP contribution in [0.3, 0.4) is 0 Å². The maximum Gasteiger partial charge on any atom is 0.179 e. The van der Waals surface area contributed by atoms with Gasteiger partial charge in [0.25, 0.3) is 0 Å². The van der Waals surface area contributed by atoms with Gasteiger partial charge >= 0.3 is 0 Å². The van der Waals surface area contributed by atoms with E-state index in [9.17, 15) is 5.11 Å². The second-order valence-corrected chi connectivity index (χ2v) is 9.50. The molecule has 1 aliphatic carbocycles. The fourth-order valence-corrected chi connectivity index (χ4v) is 5.85. The van der Waals surface area contributed by atoms with Crippen molar-refractivity contribution in [1.29, 1.82) is 0 Å². The van der Waals surface area contributed by atoms with Crippen molar-refractivity contribution in [3.63, 3.8) is 0 Å². The van der Waals surface area contributed by atoms with Gasteiger partial charge in [-0.15, -0.1) is 0 Å². The predicted molar refractivity (Wildman–Crippen MR) is 131 cm³/mol. The van der Waals surface area contributed by atoms with Crippen LogP contribution in [0.25, 0.3) is 0 Å². The Kier molecular flexibility index (Phi) is 5.49. The molecule has 5 atom stereocenters. The molecule has 2 saturated heterocycles. The van der Waals surface area contributed by atoms with E-state index in [-0.39, 0.29) is 19.8 Å². The van der Waals surface area contributed by atoms with Crippen LogP contribution in [0.15, 0.2) is 78.9 Å². The number of benzene rings is 3. The van der Waals surface area contributed by atoms with E-state index < -0.39 is 35.6 Å². The average molecular weight is 493 g/mol. The van der Waals surface area contributed by atoms with Crippen LogP contribution in [-0.2, 0) is 24.5 Å². The van der Waals surface area contributed by atoms with E-state index in [1.54, 1.807) is 14.2 Å². The molecule has 36 heavy (non-hydrogen) atoms. The second kappa shape index (κ2) is 8.87. The molecule has 3 unspecified atom stereocenters. The Hall–Kier alpha value is -2.94. The Labute approximate surface area is 211 Å². The molecule has 1 saturated carbocycles. The van der Waals surface area contributed by atoms with E-state index in [0.717, 1.165) is 28.2 Å². The molecule has 0 aromatic heterocycles. The molecule has 7 heteroatoms. The highest BCUT2D eigenvalue weighted by molar-refractivity contribution is 5.49. The highest BCUT2D eigenvalue weighted by atomic mass is 16.8. The molecule has 0 spiro atoms. The topological polar surface area (TPSA) is 75.6 Å². The van der Waals surface area contributed by atoms with Crippen molar-refractivity contribution in [2.24, 2.45) is 5.92 Å². The summed E-state index contributed by atoms with van der Waals surface area (Å²) < 4.78 is 43.6. The zero-order valence-corrected chi connectivity index (χ0v) is 20.3. The molecular formula is C29H30O7. The first-order valence-corrected chi connectivity index (χ1v) is 12.0. The lowest BCUT2D eigenvalue weighted by Gasteiger charge is -2.58. The lowest BCUT2D eigenvalue weighted by molar-refractivity contribution is -0.406. The number of methoxy groups -OCH3 is 2. The second-order valence-electron chi connectivity index (χ2n) is 9.50. The van der Waals surface area contributed by atoms with Gasteiger partial charge in [0.05, 0.1) is 40.8 Å². The Morgan fingerprint density at radius 3 is 2.06 bits per heavy atom. The molecule has 0 radical (unpaired) electrons. The molecule has 3 aliphatic rings. The molecular weight excluding hydrogens is 460 g/mol. The summed E-state index contributed by atoms with van der Waals surface area (Å²) in [6.07, 6.45) is -0.375. The van der Waals surface area contributed by atoms with Crippen LogP contribution in [0.1, 0.15) is 24.5 Å². The van der Waals surface area contributed by atoms with Crippen LogP contribution in [-0.4, -0.2) is 56.8 Å². The third kappa shape index (κ3) is 3.54. The highest BCUT2D eigenvalue weighted by Gasteiger charge is 2.73. The molecule has 3 aromatic rings. The minimum Gasteiger partial charge on any atom is -0.497 e. The SMILES string of the molecule is [3H][C@@H]1O[C@@]2(COC(c3ccccc3)(c3ccc(OC)cc3)c3ccc(OC)cc3)CC3(O)OCOC1C32. The van der Waals surface area contributed by atoms with Crippen molar-refractivity contribution in [1.82, 2.24) is 0 Å². The molecule has 188 valence electrons. The summed E-state index contributed by atoms with van der Waals surface area (Å²) in [6.45, 7) is -0.871. The van der Waals surface area contributed by atoms with Gasteiger partial charge in [-0.3, -0.25) is 0 Å². The monoisotopic (exact) mass is 492 g/mol. The lowest BCUT2D eigenvalue weighted by atomic mass is 9.63. The number of hydrogen-bond acceptors (Lipinski definition) is 7. The summed E-state index contributed by atoms with van der Waals surface area (Å²) in [6, 6.07) is 25.6. The molecule has 3 aromatic carbocycles. The number of rotatable bonds is 8. The summed E-state index contributed by atoms with van der Waals surface area (Å²) >= 11 is 0. The lowest BCUT2D eigenvalue weighted by Crippen LogP contribution is -2.72. The van der Waals surface area contributed by atoms with Gasteiger partial charge in [0.15, 0.2) is 12.6 Å². The minimum atomic E-state index is -1.38. The number of ether oxygens (including phenoxy) is 6. The van der Waals surface area contributed by atoms with Gasteiger partial charge in [0, 0.05) is 6.42 Å². The molecule has 7 nitrogen and oxygen atoms in total. The van der Waals surface area contributed by atoms with Gasteiger partial charge in [-0.25, -0.2) is 0 Å². The largest absolute Gasteiger partial charge is 0.497 e. The molecule has 6 rings (SSSR count). The maximum atomic E-state index is 11.0. The van der Waals surface area contributed by atoms with Gasteiger partial charge < -0.3 is 33.5 Å². The Morgan fingerprint density at radius 1 is 0.889 bits per heavy atom. The molecule has 0 amide bonds. The van der Waals surface area contributed by atoms with Crippen molar-refractivity contribution in [2.45, 2.75) is 29.5 Å². The van der Waals surface area contributed by atoms with Gasteiger partial charge in [0.2, 0.25) is 0 Å². The van der Waals surface area contributed by atoms with Crippen LogP contribution >= 0.6 is 0 Å². The maximum absolute atomic E-state index is 11.0. The first-order valence-electron chi connectivity index (χ1n) is 12.6. The van der Waals surface area contributed by atoms with Gasteiger partial charge in [-0.2, -0.15) is 0 Å². The van der Waals surface area contributed by atoms with Crippen LogP contribution in [0.4, 0.5) is 0 Å². The predicted octanol–water partition coefficient (Wildman–Crippen LogP) is 3.86. The van der Waals surface area contributed by atoms with Crippen LogP contribution in [0, 0.1) is 5.92 Å². The van der Waals surface area contributed by atoms with Crippen LogP contribution < -0.4 is 9.47 Å². The third-order valence-electron chi connectivity index (χ3n) is 7.65. The van der Waals surface area contributed by atoms with E-state index in [1.807, 2.05) is 78.9 Å².